The molecule has 15 nitrogen and oxygen atoms in total. The topological polar surface area (TPSA) is 223 Å². The molecule has 4 aliphatic heterocycles. The van der Waals surface area contributed by atoms with Gasteiger partial charge in [0.25, 0.3) is 0 Å². The minimum absolute atomic E-state index is 0.0301. The van der Waals surface area contributed by atoms with E-state index in [1.807, 2.05) is 52.8 Å². The van der Waals surface area contributed by atoms with Crippen LogP contribution in [0.5, 0.6) is 23.0 Å². The molecular formula is C63H65N3O12S. The number of carboxylic acids is 1. The second-order valence-electron chi connectivity index (χ2n) is 22.7. The van der Waals surface area contributed by atoms with Crippen molar-refractivity contribution in [2.24, 2.45) is 11.8 Å². The summed E-state index contributed by atoms with van der Waals surface area (Å²) in [6, 6.07) is 13.6. The van der Waals surface area contributed by atoms with Crippen molar-refractivity contribution in [3.05, 3.63) is 140 Å². The Morgan fingerprint density at radius 1 is 0.835 bits per heavy atom. The molecule has 5 unspecified atom stereocenters. The number of anilines is 1. The fourth-order valence-electron chi connectivity index (χ4n) is 12.3. The lowest BCUT2D eigenvalue weighted by Gasteiger charge is -2.56. The van der Waals surface area contributed by atoms with Gasteiger partial charge in [-0.25, -0.2) is 4.79 Å². The molecule has 16 heteroatoms. The molecule has 0 aromatic heterocycles. The second kappa shape index (κ2) is 20.4. The molecule has 410 valence electrons. The van der Waals surface area contributed by atoms with Gasteiger partial charge in [0.05, 0.1) is 16.7 Å². The van der Waals surface area contributed by atoms with E-state index < -0.39 is 46.0 Å². The number of rotatable bonds is 16. The number of amides is 1. The van der Waals surface area contributed by atoms with Crippen LogP contribution in [0.2, 0.25) is 0 Å². The smallest absolute Gasteiger partial charge is 0.336 e. The van der Waals surface area contributed by atoms with Gasteiger partial charge in [-0.1, -0.05) is 41.5 Å². The first-order chi connectivity index (χ1) is 37.5. The van der Waals surface area contributed by atoms with Gasteiger partial charge in [0, 0.05) is 82.4 Å². The summed E-state index contributed by atoms with van der Waals surface area (Å²) in [6.07, 6.45) is 14.7. The van der Waals surface area contributed by atoms with E-state index in [1.54, 1.807) is 43.3 Å². The number of benzene rings is 4. The van der Waals surface area contributed by atoms with Crippen molar-refractivity contribution in [2.45, 2.75) is 123 Å². The van der Waals surface area contributed by atoms with Gasteiger partial charge in [0.2, 0.25) is 5.91 Å². The third kappa shape index (κ3) is 9.51. The zero-order valence-electron chi connectivity index (χ0n) is 45.6. The van der Waals surface area contributed by atoms with E-state index in [0.29, 0.717) is 95.4 Å². The molecule has 3 aromatic carbocycles. The van der Waals surface area contributed by atoms with Gasteiger partial charge in [-0.2, -0.15) is 0 Å². The van der Waals surface area contributed by atoms with Gasteiger partial charge in [0.1, 0.15) is 45.5 Å². The highest BCUT2D eigenvalue weighted by Gasteiger charge is 2.81. The summed E-state index contributed by atoms with van der Waals surface area (Å²) in [5.74, 6) is -2.66. The number of allylic oxidation sites excluding steroid dienone is 5. The van der Waals surface area contributed by atoms with Crippen LogP contribution in [-0.4, -0.2) is 79.4 Å². The summed E-state index contributed by atoms with van der Waals surface area (Å²) in [4.78, 5) is 68.8. The van der Waals surface area contributed by atoms with Crippen molar-refractivity contribution in [1.82, 2.24) is 10.6 Å². The van der Waals surface area contributed by atoms with Crippen LogP contribution in [0.25, 0.3) is 39.5 Å². The van der Waals surface area contributed by atoms with Crippen LogP contribution in [0, 0.1) is 11.8 Å². The van der Waals surface area contributed by atoms with E-state index in [1.165, 1.54) is 35.9 Å². The number of phenols is 2. The van der Waals surface area contributed by atoms with Crippen LogP contribution < -0.4 is 30.9 Å². The van der Waals surface area contributed by atoms with Crippen molar-refractivity contribution < 1.29 is 53.1 Å². The van der Waals surface area contributed by atoms with Crippen molar-refractivity contribution in [2.75, 3.05) is 18.4 Å². The number of Topliss-reactive ketones (excluding diaryl/α,β-unsaturated/α-hetero) is 2. The van der Waals surface area contributed by atoms with E-state index in [9.17, 15) is 34.5 Å². The number of hydrogen-bond acceptors (Lipinski definition) is 12. The molecule has 79 heavy (non-hydrogen) atoms. The molecule has 4 heterocycles. The van der Waals surface area contributed by atoms with E-state index in [0.717, 1.165) is 12.0 Å². The number of unbranched alkanes of at least 4 members (excludes halogenated alkanes) is 1. The van der Waals surface area contributed by atoms with Crippen molar-refractivity contribution in [1.29, 1.82) is 0 Å². The molecular weight excluding hydrogens is 1020 g/mol. The Balaban J connectivity index is 0.816. The number of phenolic OH excluding ortho intramolecular Hbond substituents is 2. The number of carbonyl (C=O) groups is 4. The lowest BCUT2D eigenvalue weighted by Crippen LogP contribution is -2.72. The van der Waals surface area contributed by atoms with Crippen molar-refractivity contribution in [3.63, 3.8) is 0 Å². The third-order valence-electron chi connectivity index (χ3n) is 16.1. The summed E-state index contributed by atoms with van der Waals surface area (Å²) in [5, 5.41) is 42.6. The Hall–Kier alpha value is -7.82. The fraction of sp³-hybridized carbons (Fsp3) is 0.365. The van der Waals surface area contributed by atoms with Gasteiger partial charge >= 0.3 is 5.97 Å². The number of aromatic hydroxyl groups is 2. The number of aromatic carboxylic acids is 1. The summed E-state index contributed by atoms with van der Waals surface area (Å²) < 4.78 is 27.1. The van der Waals surface area contributed by atoms with Gasteiger partial charge in [0.15, 0.2) is 33.3 Å². The minimum Gasteiger partial charge on any atom is -0.508 e. The Bertz CT molecular complexity index is 3630. The number of carbonyl (C=O) groups excluding carboxylic acids is 3. The van der Waals surface area contributed by atoms with E-state index in [4.69, 9.17) is 30.8 Å². The van der Waals surface area contributed by atoms with Crippen molar-refractivity contribution >= 4 is 63.5 Å². The number of hydrogen-bond donors (Lipinski definition) is 6. The highest BCUT2D eigenvalue weighted by molar-refractivity contribution is 7.80. The highest BCUT2D eigenvalue weighted by atomic mass is 32.1. The first kappa shape index (κ1) is 54.5. The molecule has 4 bridgehead atoms. The predicted molar refractivity (Wildman–Crippen MR) is 306 cm³/mol. The normalized spacial score (nSPS) is 22.9. The quantitative estimate of drug-likeness (QED) is 0.0178. The number of nitrogens with one attached hydrogen (secondary N) is 3. The molecule has 6 N–H and O–H groups in total. The number of fused-ring (bicyclic) bond motifs is 4. The Morgan fingerprint density at radius 3 is 2.30 bits per heavy atom. The summed E-state index contributed by atoms with van der Waals surface area (Å²) in [7, 11) is 0. The van der Waals surface area contributed by atoms with Gasteiger partial charge in [-0.15, -0.1) is 0 Å². The van der Waals surface area contributed by atoms with E-state index in [2.05, 4.69) is 35.9 Å². The van der Waals surface area contributed by atoms with Gasteiger partial charge < -0.3 is 49.9 Å². The second-order valence-corrected chi connectivity index (χ2v) is 23.1. The summed E-state index contributed by atoms with van der Waals surface area (Å²) in [6.45, 7) is 16.4. The molecule has 0 radical (unpaired) electrons. The summed E-state index contributed by atoms with van der Waals surface area (Å²) in [5.41, 5.74) is 0.849. The van der Waals surface area contributed by atoms with Crippen LogP contribution >= 0.6 is 12.2 Å². The fourth-order valence-corrected chi connectivity index (χ4v) is 12.5. The predicted octanol–water partition coefficient (Wildman–Crippen LogP) is 11.3. The molecule has 1 saturated heterocycles. The zero-order chi connectivity index (χ0) is 56.5. The maximum atomic E-state index is 15.2. The standard InChI is InChI=1S/C63H65N3O12S/c1-33(2)12-11-23-61(8)24-22-43-52(69)51-53(70)46-28-36-29-49-60(6,7)78-62(56(36)71,63(46,49)77-55(51)44(54(43)76-61)17-13-34(3)4)25-21-35(5)57(72)64-26-9-10-27-65-59(79)66-37-14-18-40(45(30-37)58(73)74)50-41-19-15-38(67)31-47(41)75-48-32-39(68)16-20-42(48)50/h12-16,18-22,24,28,30-32,36,49,67,69H,9-11,17,23,25-27,29H2,1-8H3,(H,64,72)(H,73,74)(H2,65,66,79). The average molecular weight is 1090 g/mol. The maximum absolute atomic E-state index is 15.2. The molecule has 4 aliphatic carbocycles. The average Bonchev–Trinajstić information content (AvgIpc) is 1.79. The lowest BCUT2D eigenvalue weighted by atomic mass is 9.51. The number of ether oxygens (including phenoxy) is 3. The first-order valence-electron chi connectivity index (χ1n) is 26.8. The molecule has 8 aliphatic rings. The molecule has 3 aromatic rings. The van der Waals surface area contributed by atoms with Gasteiger partial charge in [-0.05, 0) is 160 Å². The molecule has 1 amide bonds. The Morgan fingerprint density at radius 2 is 1.57 bits per heavy atom. The molecule has 2 fully saturated rings. The molecule has 1 spiro atoms. The SMILES string of the molecule is CC(C)=CCCC1(C)C=Cc2c(O)c3c(c(CC=C(C)C)c2O1)OC12C(=CC4CC1C(C)(C)OC2(CC=C(C)C(=O)NCCCCNC(=S)Nc1ccc(-c2c5ccc(=O)cc-5oc5cc(O)ccc25)c(C(=O)O)c1)C4=O)C3=O. The largest absolute Gasteiger partial charge is 0.508 e. The van der Waals surface area contributed by atoms with Crippen LogP contribution in [0.3, 0.4) is 0 Å². The van der Waals surface area contributed by atoms with Crippen LogP contribution in [0.15, 0.2) is 116 Å². The third-order valence-corrected chi connectivity index (χ3v) is 16.4. The Kier molecular flexibility index (Phi) is 14.1. The zero-order valence-corrected chi connectivity index (χ0v) is 46.4. The van der Waals surface area contributed by atoms with Gasteiger partial charge in [-0.3, -0.25) is 19.2 Å². The first-order valence-corrected chi connectivity index (χ1v) is 27.2. The summed E-state index contributed by atoms with van der Waals surface area (Å²) >= 11 is 5.57. The molecule has 5 atom stereocenters. The molecule has 11 rings (SSSR count). The minimum atomic E-state index is -1.67. The number of carboxylic acid groups (broad SMARTS) is 1. The van der Waals surface area contributed by atoms with E-state index in [-0.39, 0.29) is 73.9 Å². The van der Waals surface area contributed by atoms with Crippen molar-refractivity contribution in [3.8, 4) is 45.4 Å². The molecule has 1 saturated carbocycles. The maximum Gasteiger partial charge on any atom is 0.336 e. The van der Waals surface area contributed by atoms with E-state index >= 15 is 4.79 Å². The monoisotopic (exact) mass is 1090 g/mol. The lowest BCUT2D eigenvalue weighted by molar-refractivity contribution is -0.171. The van der Waals surface area contributed by atoms with Crippen LogP contribution in [-0.2, 0) is 20.7 Å². The van der Waals surface area contributed by atoms with Crippen LogP contribution in [0.1, 0.15) is 126 Å². The number of thiocarbonyl (C=S) groups is 1. The number of ketones is 2. The van der Waals surface area contributed by atoms with Crippen LogP contribution in [0.4, 0.5) is 5.69 Å². The highest BCUT2D eigenvalue weighted by Crippen LogP contribution is 2.69. The Labute approximate surface area is 463 Å².